The number of unbranched alkanes of at least 4 members (excludes halogenated alkanes) is 1. The molecule has 1 N–H and O–H groups in total. The highest BCUT2D eigenvalue weighted by Gasteiger charge is 2.14. The van der Waals surface area contributed by atoms with E-state index in [0.29, 0.717) is 0 Å². The van der Waals surface area contributed by atoms with E-state index in [0.717, 1.165) is 13.1 Å². The van der Waals surface area contributed by atoms with Gasteiger partial charge in [-0.1, -0.05) is 41.5 Å². The summed E-state index contributed by atoms with van der Waals surface area (Å²) < 4.78 is 2.49. The summed E-state index contributed by atoms with van der Waals surface area (Å²) in [5, 5.41) is 3.62. The van der Waals surface area contributed by atoms with Crippen LogP contribution in [0.4, 0.5) is 0 Å². The zero-order chi connectivity index (χ0) is 16.6. The Morgan fingerprint density at radius 1 is 1.08 bits per heavy atom. The summed E-state index contributed by atoms with van der Waals surface area (Å²) in [6.07, 6.45) is 14.4. The molecule has 24 heavy (non-hydrogen) atoms. The third-order valence-electron chi connectivity index (χ3n) is 5.24. The molecule has 1 aliphatic carbocycles. The lowest BCUT2D eigenvalue weighted by molar-refractivity contribution is -0.524. The number of allylic oxidation sites excluding steroid dienone is 3. The Morgan fingerprint density at radius 2 is 2.00 bits per heavy atom. The van der Waals surface area contributed by atoms with Crippen molar-refractivity contribution in [3.63, 3.8) is 0 Å². The predicted octanol–water partition coefficient (Wildman–Crippen LogP) is 4.10. The average Bonchev–Trinajstić information content (AvgIpc) is 2.62. The SMILES string of the molecule is CC1=C(CCNCCCC[N+]2=Cc3ccccc3CC2)CCC=C1. The molecule has 2 nitrogen and oxygen atoms in total. The summed E-state index contributed by atoms with van der Waals surface area (Å²) in [5.74, 6) is 0. The number of benzene rings is 1. The molecule has 2 heteroatoms. The van der Waals surface area contributed by atoms with E-state index in [4.69, 9.17) is 0 Å². The minimum absolute atomic E-state index is 1.13. The van der Waals surface area contributed by atoms with Crippen molar-refractivity contribution in [2.24, 2.45) is 0 Å². The maximum absolute atomic E-state index is 3.62. The molecule has 1 aromatic rings. The van der Waals surface area contributed by atoms with Crippen molar-refractivity contribution in [1.29, 1.82) is 0 Å². The lowest BCUT2D eigenvalue weighted by Gasteiger charge is -2.14. The molecule has 0 spiro atoms. The first-order valence-electron chi connectivity index (χ1n) is 9.55. The van der Waals surface area contributed by atoms with E-state index < -0.39 is 0 Å². The fourth-order valence-corrected chi connectivity index (χ4v) is 3.67. The molecule has 0 saturated heterocycles. The van der Waals surface area contributed by atoms with Gasteiger partial charge in [-0.15, -0.1) is 0 Å². The van der Waals surface area contributed by atoms with Crippen LogP contribution in [0.25, 0.3) is 0 Å². The van der Waals surface area contributed by atoms with Crippen LogP contribution in [-0.2, 0) is 6.42 Å². The van der Waals surface area contributed by atoms with Crippen LogP contribution in [-0.4, -0.2) is 37.0 Å². The summed E-state index contributed by atoms with van der Waals surface area (Å²) in [6, 6.07) is 8.78. The molecule has 1 aliphatic heterocycles. The molecule has 0 radical (unpaired) electrons. The van der Waals surface area contributed by atoms with Crippen LogP contribution in [0.3, 0.4) is 0 Å². The zero-order valence-electron chi connectivity index (χ0n) is 15.1. The van der Waals surface area contributed by atoms with Gasteiger partial charge in [0.1, 0.15) is 13.1 Å². The highest BCUT2D eigenvalue weighted by molar-refractivity contribution is 5.78. The van der Waals surface area contributed by atoms with E-state index in [1.165, 1.54) is 68.3 Å². The van der Waals surface area contributed by atoms with Gasteiger partial charge in [0.05, 0.1) is 0 Å². The second-order valence-electron chi connectivity index (χ2n) is 7.05. The van der Waals surface area contributed by atoms with E-state index in [1.807, 2.05) is 0 Å². The molecule has 0 fully saturated rings. The molecule has 0 unspecified atom stereocenters. The Hall–Kier alpha value is -1.67. The topological polar surface area (TPSA) is 15.0 Å². The molecule has 128 valence electrons. The molecular weight excluding hydrogens is 292 g/mol. The monoisotopic (exact) mass is 323 g/mol. The van der Waals surface area contributed by atoms with Crippen molar-refractivity contribution >= 4 is 6.21 Å². The molecule has 0 atom stereocenters. The van der Waals surface area contributed by atoms with Crippen LogP contribution < -0.4 is 5.32 Å². The van der Waals surface area contributed by atoms with Gasteiger partial charge in [0.25, 0.3) is 0 Å². The van der Waals surface area contributed by atoms with Crippen molar-refractivity contribution < 1.29 is 4.58 Å². The molecule has 1 aromatic carbocycles. The van der Waals surface area contributed by atoms with Crippen LogP contribution in [0, 0.1) is 0 Å². The molecule has 2 aliphatic rings. The van der Waals surface area contributed by atoms with Crippen LogP contribution in [0.5, 0.6) is 0 Å². The molecule has 1 heterocycles. The Balaban J connectivity index is 1.30. The maximum atomic E-state index is 3.62. The number of nitrogens with zero attached hydrogens (tertiary/aromatic N) is 1. The standard InChI is InChI=1S/C22H31N2/c1-19-8-2-3-9-20(19)12-15-23-14-6-7-16-24-17-13-21-10-4-5-11-22(21)18-24/h2,4-5,8,10-11,18,23H,3,6-7,9,12-17H2,1H3/q+1. The molecular formula is C22H31N2+. The van der Waals surface area contributed by atoms with Crippen LogP contribution in [0.15, 0.2) is 47.6 Å². The maximum Gasteiger partial charge on any atom is 0.170 e. The largest absolute Gasteiger partial charge is 0.316 e. The quantitative estimate of drug-likeness (QED) is 0.562. The minimum atomic E-state index is 1.13. The Bertz CT molecular complexity index is 637. The van der Waals surface area contributed by atoms with Gasteiger partial charge in [-0.05, 0) is 57.3 Å². The van der Waals surface area contributed by atoms with Gasteiger partial charge in [-0.25, -0.2) is 4.58 Å². The minimum Gasteiger partial charge on any atom is -0.316 e. The number of fused-ring (bicyclic) bond motifs is 1. The highest BCUT2D eigenvalue weighted by atomic mass is 15.0. The number of hydrogen-bond acceptors (Lipinski definition) is 1. The fraction of sp³-hybridized carbons (Fsp3) is 0.500. The first-order valence-corrected chi connectivity index (χ1v) is 9.55. The molecule has 0 amide bonds. The summed E-state index contributed by atoms with van der Waals surface area (Å²) in [5.41, 5.74) is 6.04. The van der Waals surface area contributed by atoms with Crippen LogP contribution in [0.2, 0.25) is 0 Å². The number of hydrogen-bond donors (Lipinski definition) is 1. The van der Waals surface area contributed by atoms with Crippen molar-refractivity contribution in [2.75, 3.05) is 26.2 Å². The third-order valence-corrected chi connectivity index (χ3v) is 5.24. The van der Waals surface area contributed by atoms with Gasteiger partial charge in [0, 0.05) is 18.4 Å². The summed E-state index contributed by atoms with van der Waals surface area (Å²) >= 11 is 0. The number of rotatable bonds is 8. The molecule has 0 bridgehead atoms. The lowest BCUT2D eigenvalue weighted by Crippen LogP contribution is -2.24. The predicted molar refractivity (Wildman–Crippen MR) is 103 cm³/mol. The van der Waals surface area contributed by atoms with E-state index in [2.05, 4.69) is 59.4 Å². The van der Waals surface area contributed by atoms with Gasteiger partial charge in [-0.2, -0.15) is 0 Å². The van der Waals surface area contributed by atoms with E-state index >= 15 is 0 Å². The Morgan fingerprint density at radius 3 is 2.92 bits per heavy atom. The fourth-order valence-electron chi connectivity index (χ4n) is 3.67. The van der Waals surface area contributed by atoms with Crippen LogP contribution in [0.1, 0.15) is 50.2 Å². The molecule has 0 aromatic heterocycles. The average molecular weight is 324 g/mol. The third kappa shape index (κ3) is 4.91. The van der Waals surface area contributed by atoms with E-state index in [9.17, 15) is 0 Å². The van der Waals surface area contributed by atoms with Crippen molar-refractivity contribution in [3.05, 3.63) is 58.7 Å². The lowest BCUT2D eigenvalue weighted by atomic mass is 9.96. The molecule has 3 rings (SSSR count). The van der Waals surface area contributed by atoms with Gasteiger partial charge in [0.15, 0.2) is 6.21 Å². The highest BCUT2D eigenvalue weighted by Crippen LogP contribution is 2.20. The Kier molecular flexibility index (Phi) is 6.42. The second-order valence-corrected chi connectivity index (χ2v) is 7.05. The van der Waals surface area contributed by atoms with Crippen molar-refractivity contribution in [2.45, 2.75) is 45.4 Å². The van der Waals surface area contributed by atoms with Gasteiger partial charge < -0.3 is 5.32 Å². The summed E-state index contributed by atoms with van der Waals surface area (Å²) in [4.78, 5) is 0. The first kappa shape index (κ1) is 17.2. The Labute approximate surface area is 147 Å². The van der Waals surface area contributed by atoms with Gasteiger partial charge in [0.2, 0.25) is 0 Å². The van der Waals surface area contributed by atoms with E-state index in [-0.39, 0.29) is 0 Å². The van der Waals surface area contributed by atoms with Crippen LogP contribution >= 0.6 is 0 Å². The zero-order valence-corrected chi connectivity index (χ0v) is 15.1. The van der Waals surface area contributed by atoms with Gasteiger partial charge in [-0.3, -0.25) is 0 Å². The normalized spacial score (nSPS) is 17.0. The smallest absolute Gasteiger partial charge is 0.170 e. The molecule has 0 saturated carbocycles. The van der Waals surface area contributed by atoms with E-state index in [1.54, 1.807) is 5.57 Å². The first-order chi connectivity index (χ1) is 11.8. The summed E-state index contributed by atoms with van der Waals surface area (Å²) in [6.45, 7) is 6.88. The number of nitrogens with one attached hydrogen (secondary N) is 1. The second kappa shape index (κ2) is 8.98. The summed E-state index contributed by atoms with van der Waals surface area (Å²) in [7, 11) is 0. The van der Waals surface area contributed by atoms with Crippen molar-refractivity contribution in [1.82, 2.24) is 5.32 Å². The van der Waals surface area contributed by atoms with Gasteiger partial charge >= 0.3 is 0 Å². The van der Waals surface area contributed by atoms with Crippen molar-refractivity contribution in [3.8, 4) is 0 Å².